The molecule has 0 heterocycles. The number of benzene rings is 1. The van der Waals surface area contributed by atoms with Gasteiger partial charge in [0.2, 0.25) is 0 Å². The predicted octanol–water partition coefficient (Wildman–Crippen LogP) is 3.54. The fraction of sp³-hybridized carbons (Fsp3) is 0.571. The van der Waals surface area contributed by atoms with E-state index in [0.717, 1.165) is 12.1 Å². The molecule has 1 N–H and O–H groups in total. The first-order valence-corrected chi connectivity index (χ1v) is 6.40. The number of nitro benzene ring substituents is 1. The lowest BCUT2D eigenvalue weighted by Gasteiger charge is -2.20. The number of hydrogen-bond donors (Lipinski definition) is 1. The molecular weight excluding hydrogens is 228 g/mol. The smallest absolute Gasteiger partial charge is 0.274 e. The second kappa shape index (κ2) is 6.50. The molecule has 1 aromatic rings. The summed E-state index contributed by atoms with van der Waals surface area (Å²) in [5.41, 5.74) is 0.938. The van der Waals surface area contributed by atoms with E-state index >= 15 is 0 Å². The van der Waals surface area contributed by atoms with E-state index in [1.54, 1.807) is 12.1 Å². The maximum absolute atomic E-state index is 11.0. The van der Waals surface area contributed by atoms with Gasteiger partial charge in [-0.15, -0.1) is 0 Å². The zero-order chi connectivity index (χ0) is 13.7. The Labute approximate surface area is 109 Å². The molecule has 0 bridgehead atoms. The van der Waals surface area contributed by atoms with Gasteiger partial charge in [-0.2, -0.15) is 0 Å². The second-order valence-corrected chi connectivity index (χ2v) is 5.17. The van der Waals surface area contributed by atoms with Crippen molar-refractivity contribution in [3.63, 3.8) is 0 Å². The topological polar surface area (TPSA) is 55.2 Å². The monoisotopic (exact) mass is 250 g/mol. The highest BCUT2D eigenvalue weighted by Crippen LogP contribution is 2.24. The number of nitro groups is 1. The quantitative estimate of drug-likeness (QED) is 0.620. The minimum Gasteiger partial charge on any atom is -0.310 e. The minimum atomic E-state index is -0.320. The summed E-state index contributed by atoms with van der Waals surface area (Å²) in [6.45, 7) is 9.38. The zero-order valence-corrected chi connectivity index (χ0v) is 11.5. The Hall–Kier alpha value is -1.42. The van der Waals surface area contributed by atoms with Crippen LogP contribution in [0, 0.1) is 22.0 Å². The van der Waals surface area contributed by atoms with Crippen molar-refractivity contribution in [3.8, 4) is 0 Å². The Kier molecular flexibility index (Phi) is 5.28. The SMILES string of the molecule is CC(NCC(C)C(C)C)c1ccccc1[N+](=O)[O-]. The Balaban J connectivity index is 2.72. The molecule has 0 radical (unpaired) electrons. The van der Waals surface area contributed by atoms with Crippen LogP contribution in [-0.2, 0) is 0 Å². The summed E-state index contributed by atoms with van der Waals surface area (Å²) in [6, 6.07) is 6.90. The molecule has 0 aromatic heterocycles. The molecular formula is C14H22N2O2. The molecule has 0 amide bonds. The molecule has 0 aliphatic rings. The van der Waals surface area contributed by atoms with Crippen molar-refractivity contribution in [2.75, 3.05) is 6.54 Å². The Morgan fingerprint density at radius 3 is 2.39 bits per heavy atom. The molecule has 0 fully saturated rings. The third-order valence-corrected chi connectivity index (χ3v) is 3.48. The number of hydrogen-bond acceptors (Lipinski definition) is 3. The third-order valence-electron chi connectivity index (χ3n) is 3.48. The second-order valence-electron chi connectivity index (χ2n) is 5.17. The summed E-state index contributed by atoms with van der Waals surface area (Å²) in [6.07, 6.45) is 0. The maximum atomic E-state index is 11.0. The van der Waals surface area contributed by atoms with Gasteiger partial charge in [0.25, 0.3) is 5.69 Å². The maximum Gasteiger partial charge on any atom is 0.274 e. The fourth-order valence-electron chi connectivity index (χ4n) is 1.73. The van der Waals surface area contributed by atoms with Gasteiger partial charge in [0.05, 0.1) is 4.92 Å². The number of rotatable bonds is 6. The number of nitrogens with zero attached hydrogens (tertiary/aromatic N) is 1. The van der Waals surface area contributed by atoms with Crippen LogP contribution in [0.3, 0.4) is 0 Å². The standard InChI is InChI=1S/C14H22N2O2/c1-10(2)11(3)9-15-12(4)13-7-5-6-8-14(13)16(17)18/h5-8,10-12,15H,9H2,1-4H3. The highest BCUT2D eigenvalue weighted by molar-refractivity contribution is 5.41. The first-order chi connectivity index (χ1) is 8.43. The van der Waals surface area contributed by atoms with Crippen LogP contribution in [0.4, 0.5) is 5.69 Å². The summed E-state index contributed by atoms with van der Waals surface area (Å²) in [7, 11) is 0. The molecule has 4 heteroatoms. The summed E-state index contributed by atoms with van der Waals surface area (Å²) in [5, 5.41) is 14.3. The van der Waals surface area contributed by atoms with Crippen LogP contribution in [0.1, 0.15) is 39.3 Å². The zero-order valence-electron chi connectivity index (χ0n) is 11.5. The molecule has 0 aliphatic carbocycles. The van der Waals surface area contributed by atoms with Crippen molar-refractivity contribution >= 4 is 5.69 Å². The van der Waals surface area contributed by atoms with E-state index in [4.69, 9.17) is 0 Å². The third kappa shape index (κ3) is 3.81. The van der Waals surface area contributed by atoms with Gasteiger partial charge in [0.15, 0.2) is 0 Å². The molecule has 1 aromatic carbocycles. The van der Waals surface area contributed by atoms with E-state index < -0.39 is 0 Å². The molecule has 2 unspecified atom stereocenters. The molecule has 2 atom stereocenters. The van der Waals surface area contributed by atoms with E-state index in [9.17, 15) is 10.1 Å². The van der Waals surface area contributed by atoms with Gasteiger partial charge >= 0.3 is 0 Å². The largest absolute Gasteiger partial charge is 0.310 e. The molecule has 100 valence electrons. The van der Waals surface area contributed by atoms with Crippen LogP contribution in [0.5, 0.6) is 0 Å². The van der Waals surface area contributed by atoms with Gasteiger partial charge in [-0.25, -0.2) is 0 Å². The van der Waals surface area contributed by atoms with Gasteiger partial charge in [0.1, 0.15) is 0 Å². The summed E-state index contributed by atoms with van der Waals surface area (Å²) in [4.78, 5) is 10.6. The summed E-state index contributed by atoms with van der Waals surface area (Å²) < 4.78 is 0. The Bertz CT molecular complexity index is 405. The van der Waals surface area contributed by atoms with Crippen molar-refractivity contribution < 1.29 is 4.92 Å². The van der Waals surface area contributed by atoms with Gasteiger partial charge in [-0.1, -0.05) is 39.0 Å². The van der Waals surface area contributed by atoms with Crippen LogP contribution in [0.25, 0.3) is 0 Å². The lowest BCUT2D eigenvalue weighted by atomic mass is 9.97. The van der Waals surface area contributed by atoms with Crippen LogP contribution in [0.2, 0.25) is 0 Å². The summed E-state index contributed by atoms with van der Waals surface area (Å²) in [5.74, 6) is 1.16. The fourth-order valence-corrected chi connectivity index (χ4v) is 1.73. The Morgan fingerprint density at radius 1 is 1.22 bits per heavy atom. The normalized spacial score (nSPS) is 14.5. The van der Waals surface area contributed by atoms with Crippen molar-refractivity contribution in [1.29, 1.82) is 0 Å². The minimum absolute atomic E-state index is 0.00667. The predicted molar refractivity (Wildman–Crippen MR) is 73.5 cm³/mol. The lowest BCUT2D eigenvalue weighted by Crippen LogP contribution is -2.27. The van der Waals surface area contributed by atoms with E-state index in [0.29, 0.717) is 11.8 Å². The van der Waals surface area contributed by atoms with E-state index in [1.807, 2.05) is 19.1 Å². The van der Waals surface area contributed by atoms with Gasteiger partial charge in [-0.05, 0) is 25.3 Å². The van der Waals surface area contributed by atoms with Gasteiger partial charge in [0, 0.05) is 17.7 Å². The average molecular weight is 250 g/mol. The van der Waals surface area contributed by atoms with Crippen LogP contribution in [-0.4, -0.2) is 11.5 Å². The Morgan fingerprint density at radius 2 is 1.83 bits per heavy atom. The molecule has 0 aliphatic heterocycles. The molecule has 0 saturated carbocycles. The van der Waals surface area contributed by atoms with Crippen molar-refractivity contribution in [1.82, 2.24) is 5.32 Å². The number of nitrogens with one attached hydrogen (secondary N) is 1. The first kappa shape index (κ1) is 14.6. The van der Waals surface area contributed by atoms with Gasteiger partial charge < -0.3 is 5.32 Å². The molecule has 4 nitrogen and oxygen atoms in total. The van der Waals surface area contributed by atoms with E-state index in [2.05, 4.69) is 26.1 Å². The van der Waals surface area contributed by atoms with Crippen molar-refractivity contribution in [3.05, 3.63) is 39.9 Å². The molecule has 1 rings (SSSR count). The number of para-hydroxylation sites is 1. The van der Waals surface area contributed by atoms with Crippen LogP contribution in [0.15, 0.2) is 24.3 Å². The first-order valence-electron chi connectivity index (χ1n) is 6.40. The van der Waals surface area contributed by atoms with Crippen molar-refractivity contribution in [2.24, 2.45) is 11.8 Å². The molecule has 0 saturated heterocycles. The molecule has 0 spiro atoms. The van der Waals surface area contributed by atoms with E-state index in [-0.39, 0.29) is 16.7 Å². The summed E-state index contributed by atoms with van der Waals surface area (Å²) >= 11 is 0. The van der Waals surface area contributed by atoms with Gasteiger partial charge in [-0.3, -0.25) is 10.1 Å². The van der Waals surface area contributed by atoms with Crippen LogP contribution < -0.4 is 5.32 Å². The highest BCUT2D eigenvalue weighted by atomic mass is 16.6. The lowest BCUT2D eigenvalue weighted by molar-refractivity contribution is -0.385. The molecule has 18 heavy (non-hydrogen) atoms. The van der Waals surface area contributed by atoms with Crippen LogP contribution >= 0.6 is 0 Å². The average Bonchev–Trinajstić information content (AvgIpc) is 2.35. The van der Waals surface area contributed by atoms with E-state index in [1.165, 1.54) is 0 Å². The van der Waals surface area contributed by atoms with Crippen molar-refractivity contribution in [2.45, 2.75) is 33.7 Å². The highest BCUT2D eigenvalue weighted by Gasteiger charge is 2.18.